The number of allylic oxidation sites excluding steroid dienone is 1. The summed E-state index contributed by atoms with van der Waals surface area (Å²) < 4.78 is 23.8. The number of hydrogen-bond donors (Lipinski definition) is 0. The molecule has 0 N–H and O–H groups in total. The number of esters is 2. The summed E-state index contributed by atoms with van der Waals surface area (Å²) in [5.74, 6) is -1.29. The number of benzene rings is 1. The summed E-state index contributed by atoms with van der Waals surface area (Å²) >= 11 is 0. The van der Waals surface area contributed by atoms with Crippen molar-refractivity contribution in [2.45, 2.75) is 117 Å². The normalized spacial score (nSPS) is 24.2. The lowest BCUT2D eigenvalue weighted by atomic mass is 9.77. The number of amides is 1. The summed E-state index contributed by atoms with van der Waals surface area (Å²) in [4.78, 5) is 52.9. The molecule has 2 aromatic rings. The molecule has 4 rings (SSSR count). The Balaban J connectivity index is 1.61. The van der Waals surface area contributed by atoms with Crippen molar-refractivity contribution in [2.75, 3.05) is 13.7 Å². The van der Waals surface area contributed by atoms with Gasteiger partial charge >= 0.3 is 11.9 Å². The lowest BCUT2D eigenvalue weighted by molar-refractivity contribution is -0.167. The molecule has 1 aromatic heterocycles. The summed E-state index contributed by atoms with van der Waals surface area (Å²) in [5.41, 5.74) is -0.217. The van der Waals surface area contributed by atoms with Crippen LogP contribution in [0.5, 0.6) is 11.6 Å². The molecule has 49 heavy (non-hydrogen) atoms. The van der Waals surface area contributed by atoms with Crippen molar-refractivity contribution in [3.63, 3.8) is 0 Å². The van der Waals surface area contributed by atoms with Crippen LogP contribution in [0.3, 0.4) is 0 Å². The first-order valence-electron chi connectivity index (χ1n) is 17.5. The Morgan fingerprint density at radius 1 is 1.10 bits per heavy atom. The fourth-order valence-electron chi connectivity index (χ4n) is 6.82. The minimum absolute atomic E-state index is 0.0875. The van der Waals surface area contributed by atoms with Crippen molar-refractivity contribution in [2.24, 2.45) is 23.2 Å². The zero-order chi connectivity index (χ0) is 36.3. The lowest BCUT2D eigenvalue weighted by Gasteiger charge is -2.35. The van der Waals surface area contributed by atoms with E-state index in [2.05, 4.69) is 18.1 Å². The molecule has 1 amide bonds. The third-order valence-electron chi connectivity index (χ3n) is 9.82. The van der Waals surface area contributed by atoms with Crippen LogP contribution in [-0.2, 0) is 23.9 Å². The number of fused-ring (bicyclic) bond motifs is 1. The summed E-state index contributed by atoms with van der Waals surface area (Å²) in [6.07, 6.45) is 7.22. The van der Waals surface area contributed by atoms with Crippen molar-refractivity contribution in [1.29, 1.82) is 0 Å². The molecule has 1 unspecified atom stereocenters. The molecule has 10 nitrogen and oxygen atoms in total. The van der Waals surface area contributed by atoms with Crippen molar-refractivity contribution >= 4 is 35.0 Å². The van der Waals surface area contributed by atoms with Gasteiger partial charge in [0.1, 0.15) is 34.8 Å². The molecule has 6 atom stereocenters. The first-order valence-corrected chi connectivity index (χ1v) is 17.5. The third-order valence-corrected chi connectivity index (χ3v) is 9.82. The van der Waals surface area contributed by atoms with Crippen molar-refractivity contribution in [1.82, 2.24) is 14.9 Å². The van der Waals surface area contributed by atoms with E-state index in [-0.39, 0.29) is 24.8 Å². The number of unbranched alkanes of at least 4 members (excludes halogenated alkanes) is 1. The maximum Gasteiger partial charge on any atom is 0.329 e. The molecule has 2 aliphatic rings. The maximum absolute atomic E-state index is 14.6. The predicted octanol–water partition coefficient (Wildman–Crippen LogP) is 7.34. The molecular weight excluding hydrogens is 622 g/mol. The van der Waals surface area contributed by atoms with Gasteiger partial charge in [-0.25, -0.2) is 14.8 Å². The van der Waals surface area contributed by atoms with Gasteiger partial charge in [-0.15, -0.1) is 6.58 Å². The highest BCUT2D eigenvalue weighted by Gasteiger charge is 2.56. The largest absolute Gasteiger partial charge is 0.497 e. The number of rotatable bonds is 14. The van der Waals surface area contributed by atoms with Crippen LogP contribution in [0.25, 0.3) is 17.1 Å². The maximum atomic E-state index is 14.6. The van der Waals surface area contributed by atoms with Crippen molar-refractivity contribution < 1.29 is 33.3 Å². The van der Waals surface area contributed by atoms with Gasteiger partial charge in [-0.2, -0.15) is 0 Å². The Morgan fingerprint density at radius 2 is 1.82 bits per heavy atom. The summed E-state index contributed by atoms with van der Waals surface area (Å²) in [5, 5.41) is 0. The van der Waals surface area contributed by atoms with Gasteiger partial charge in [0.25, 0.3) is 0 Å². The second kappa shape index (κ2) is 14.9. The number of nitrogens with zero attached hydrogens (tertiary/aromatic N) is 3. The van der Waals surface area contributed by atoms with Gasteiger partial charge < -0.3 is 23.8 Å². The fraction of sp³-hybridized carbons (Fsp3) is 0.615. The summed E-state index contributed by atoms with van der Waals surface area (Å²) in [6, 6.07) is 4.43. The minimum atomic E-state index is -0.946. The van der Waals surface area contributed by atoms with Crippen LogP contribution in [0, 0.1) is 23.2 Å². The minimum Gasteiger partial charge on any atom is -0.497 e. The van der Waals surface area contributed by atoms with Crippen LogP contribution in [0.4, 0.5) is 0 Å². The van der Waals surface area contributed by atoms with Crippen LogP contribution in [0.1, 0.15) is 99.6 Å². The standard InChI is InChI=1S/C39H55N3O7/c1-12-15-16-17-25-22-39(25,14-3)48-32(43)21-27(37(5,6)7)35(44)42-23-31(24(4)33(42)36(45)49-38(8,9)10)47-34-28(13-2)40-29-19-18-26(46-11)20-30(29)41-34/h12-13,18-20,24-25,27,31,33H,1-2,14-17,21-23H2,3-11H3/t24-,25?,27-,31+,33+,39-/m1/s1. The average molecular weight is 678 g/mol. The van der Waals surface area contributed by atoms with E-state index in [4.69, 9.17) is 23.9 Å². The van der Waals surface area contributed by atoms with E-state index in [1.807, 2.05) is 40.7 Å². The van der Waals surface area contributed by atoms with Crippen molar-refractivity contribution in [3.8, 4) is 11.6 Å². The highest BCUT2D eigenvalue weighted by molar-refractivity contribution is 5.90. The number of hydrogen-bond acceptors (Lipinski definition) is 9. The van der Waals surface area contributed by atoms with Crippen LogP contribution in [0.2, 0.25) is 0 Å². The molecule has 1 aliphatic carbocycles. The van der Waals surface area contributed by atoms with Crippen molar-refractivity contribution in [3.05, 3.63) is 43.1 Å². The summed E-state index contributed by atoms with van der Waals surface area (Å²) in [7, 11) is 1.58. The lowest BCUT2D eigenvalue weighted by Crippen LogP contribution is -2.50. The Bertz CT molecular complexity index is 1560. The smallest absolute Gasteiger partial charge is 0.329 e. The quantitative estimate of drug-likeness (QED) is 0.115. The molecule has 2 fully saturated rings. The Labute approximate surface area is 291 Å². The van der Waals surface area contributed by atoms with Crippen LogP contribution in [-0.4, -0.2) is 69.7 Å². The van der Waals surface area contributed by atoms with Crippen LogP contribution in [0.15, 0.2) is 37.4 Å². The molecule has 0 radical (unpaired) electrons. The fourth-order valence-corrected chi connectivity index (χ4v) is 6.82. The van der Waals surface area contributed by atoms with Gasteiger partial charge in [0, 0.05) is 17.9 Å². The highest BCUT2D eigenvalue weighted by atomic mass is 16.6. The van der Waals surface area contributed by atoms with E-state index >= 15 is 0 Å². The molecule has 0 spiro atoms. The second-order valence-corrected chi connectivity index (χ2v) is 15.6. The molecule has 2 heterocycles. The van der Waals surface area contributed by atoms with Gasteiger partial charge in [0.05, 0.1) is 37.0 Å². The molecule has 1 saturated heterocycles. The molecule has 10 heteroatoms. The van der Waals surface area contributed by atoms with Crippen LogP contribution >= 0.6 is 0 Å². The van der Waals surface area contributed by atoms with E-state index in [1.54, 1.807) is 52.2 Å². The van der Waals surface area contributed by atoms with E-state index < -0.39 is 52.5 Å². The zero-order valence-electron chi connectivity index (χ0n) is 30.8. The van der Waals surface area contributed by atoms with Gasteiger partial charge in [0.15, 0.2) is 0 Å². The Kier molecular flexibility index (Phi) is 11.5. The highest BCUT2D eigenvalue weighted by Crippen LogP contribution is 2.52. The number of carbonyl (C=O) groups excluding carboxylic acids is 3. The molecular formula is C39H55N3O7. The van der Waals surface area contributed by atoms with Gasteiger partial charge in [-0.05, 0) is 76.5 Å². The third kappa shape index (κ3) is 8.81. The van der Waals surface area contributed by atoms with E-state index in [1.165, 1.54) is 4.90 Å². The number of ether oxygens (including phenoxy) is 4. The second-order valence-electron chi connectivity index (χ2n) is 15.6. The number of aromatic nitrogens is 2. The average Bonchev–Trinajstić information content (AvgIpc) is 3.61. The van der Waals surface area contributed by atoms with Gasteiger partial charge in [-0.1, -0.05) is 47.3 Å². The number of likely N-dealkylation sites (tertiary alicyclic amines) is 1. The van der Waals surface area contributed by atoms with E-state index in [9.17, 15) is 14.4 Å². The Hall–Kier alpha value is -3.95. The predicted molar refractivity (Wildman–Crippen MR) is 190 cm³/mol. The molecule has 268 valence electrons. The molecule has 1 aliphatic heterocycles. The number of methoxy groups -OCH3 is 1. The Morgan fingerprint density at radius 3 is 2.41 bits per heavy atom. The first-order chi connectivity index (χ1) is 23.0. The SMILES string of the molecule is C=CCCCC1C[C@@]1(CC)OC(=O)C[C@H](C(=O)N1C[C@H](Oc2nc3cc(OC)ccc3nc2C=C)[C@@H](C)[C@H]1C(=O)OC(C)(C)C)C(C)(C)C. The number of carbonyl (C=O) groups is 3. The topological polar surface area (TPSA) is 117 Å². The molecule has 1 saturated carbocycles. The van der Waals surface area contributed by atoms with Crippen LogP contribution < -0.4 is 9.47 Å². The van der Waals surface area contributed by atoms with E-state index in [0.717, 1.165) is 32.1 Å². The first kappa shape index (κ1) is 37.9. The van der Waals surface area contributed by atoms with Gasteiger partial charge in [-0.3, -0.25) is 9.59 Å². The van der Waals surface area contributed by atoms with Gasteiger partial charge in [0.2, 0.25) is 11.8 Å². The van der Waals surface area contributed by atoms with E-state index in [0.29, 0.717) is 28.4 Å². The zero-order valence-corrected chi connectivity index (χ0v) is 30.8. The molecule has 1 aromatic carbocycles. The monoisotopic (exact) mass is 677 g/mol. The molecule has 0 bridgehead atoms. The summed E-state index contributed by atoms with van der Waals surface area (Å²) in [6.45, 7) is 22.9.